The lowest BCUT2D eigenvalue weighted by Crippen LogP contribution is -2.19. The molecule has 2 aromatic carbocycles. The SMILES string of the molecule is COc1ccc(C=C2SC(=Nc3ccc(Br)cc3)NC2=O)cc1C. The minimum Gasteiger partial charge on any atom is -0.496 e. The Morgan fingerprint density at radius 2 is 1.96 bits per heavy atom. The number of thioether (sulfide) groups is 1. The lowest BCUT2D eigenvalue weighted by atomic mass is 10.1. The number of ether oxygens (including phenoxy) is 1. The van der Waals surface area contributed by atoms with Gasteiger partial charge in [0, 0.05) is 4.47 Å². The summed E-state index contributed by atoms with van der Waals surface area (Å²) in [5.74, 6) is 0.697. The highest BCUT2D eigenvalue weighted by Gasteiger charge is 2.23. The number of aryl methyl sites for hydroxylation is 1. The van der Waals surface area contributed by atoms with Crippen LogP contribution in [-0.2, 0) is 4.79 Å². The van der Waals surface area contributed by atoms with Crippen LogP contribution < -0.4 is 10.1 Å². The Kier molecular flexibility index (Phi) is 5.06. The highest BCUT2D eigenvalue weighted by Crippen LogP contribution is 2.29. The number of rotatable bonds is 3. The first-order valence-electron chi connectivity index (χ1n) is 7.25. The van der Waals surface area contributed by atoms with Gasteiger partial charge in [0.25, 0.3) is 5.91 Å². The van der Waals surface area contributed by atoms with Gasteiger partial charge in [-0.2, -0.15) is 0 Å². The van der Waals surface area contributed by atoms with Crippen molar-refractivity contribution in [1.29, 1.82) is 0 Å². The number of benzene rings is 2. The van der Waals surface area contributed by atoms with E-state index in [0.29, 0.717) is 10.1 Å². The highest BCUT2D eigenvalue weighted by molar-refractivity contribution is 9.10. The highest BCUT2D eigenvalue weighted by atomic mass is 79.9. The topological polar surface area (TPSA) is 50.7 Å². The molecule has 3 rings (SSSR count). The van der Waals surface area contributed by atoms with Crippen LogP contribution in [0, 0.1) is 6.92 Å². The molecule has 2 aromatic rings. The number of hydrogen-bond donors (Lipinski definition) is 1. The zero-order valence-corrected chi connectivity index (χ0v) is 15.6. The molecule has 1 saturated heterocycles. The Labute approximate surface area is 153 Å². The van der Waals surface area contributed by atoms with Crippen molar-refractivity contribution in [3.05, 3.63) is 63.0 Å². The van der Waals surface area contributed by atoms with Crippen molar-refractivity contribution < 1.29 is 9.53 Å². The predicted octanol–water partition coefficient (Wildman–Crippen LogP) is 4.66. The Morgan fingerprint density at radius 3 is 2.62 bits per heavy atom. The van der Waals surface area contributed by atoms with Crippen LogP contribution >= 0.6 is 27.7 Å². The van der Waals surface area contributed by atoms with Crippen LogP contribution in [0.15, 0.2) is 56.8 Å². The fourth-order valence-electron chi connectivity index (χ4n) is 2.26. The third-order valence-corrected chi connectivity index (χ3v) is 4.86. The van der Waals surface area contributed by atoms with Crippen molar-refractivity contribution in [3.63, 3.8) is 0 Å². The molecule has 1 amide bonds. The summed E-state index contributed by atoms with van der Waals surface area (Å²) >= 11 is 4.72. The number of halogens is 1. The number of hydrogen-bond acceptors (Lipinski definition) is 4. The minimum absolute atomic E-state index is 0.135. The van der Waals surface area contributed by atoms with Crippen molar-refractivity contribution in [2.75, 3.05) is 7.11 Å². The molecule has 6 heteroatoms. The van der Waals surface area contributed by atoms with Crippen molar-refractivity contribution >= 4 is 50.5 Å². The van der Waals surface area contributed by atoms with E-state index in [2.05, 4.69) is 26.2 Å². The normalized spacial score (nSPS) is 17.4. The van der Waals surface area contributed by atoms with E-state index in [1.165, 1.54) is 11.8 Å². The van der Waals surface area contributed by atoms with Gasteiger partial charge in [-0.05, 0) is 72.3 Å². The molecule has 1 N–H and O–H groups in total. The summed E-state index contributed by atoms with van der Waals surface area (Å²) in [6, 6.07) is 13.4. The maximum atomic E-state index is 12.1. The van der Waals surface area contributed by atoms with Crippen LogP contribution in [0.3, 0.4) is 0 Å². The number of amides is 1. The molecule has 1 aliphatic heterocycles. The second-order valence-electron chi connectivity index (χ2n) is 5.19. The van der Waals surface area contributed by atoms with Crippen LogP contribution in [0.25, 0.3) is 6.08 Å². The lowest BCUT2D eigenvalue weighted by molar-refractivity contribution is -0.115. The van der Waals surface area contributed by atoms with Crippen molar-refractivity contribution in [1.82, 2.24) is 5.32 Å². The second kappa shape index (κ2) is 7.23. The Balaban J connectivity index is 1.81. The van der Waals surface area contributed by atoms with E-state index in [1.807, 2.05) is 55.5 Å². The van der Waals surface area contributed by atoms with Crippen LogP contribution in [0.1, 0.15) is 11.1 Å². The van der Waals surface area contributed by atoms with E-state index >= 15 is 0 Å². The number of aliphatic imine (C=N–C) groups is 1. The number of nitrogens with zero attached hydrogens (tertiary/aromatic N) is 1. The van der Waals surface area contributed by atoms with Crippen molar-refractivity contribution in [2.24, 2.45) is 4.99 Å². The molecule has 0 spiro atoms. The zero-order valence-electron chi connectivity index (χ0n) is 13.2. The van der Waals surface area contributed by atoms with E-state index in [1.54, 1.807) is 7.11 Å². The molecule has 1 aliphatic rings. The number of methoxy groups -OCH3 is 1. The molecule has 24 heavy (non-hydrogen) atoms. The smallest absolute Gasteiger partial charge is 0.264 e. The fourth-order valence-corrected chi connectivity index (χ4v) is 3.36. The largest absolute Gasteiger partial charge is 0.496 e. The summed E-state index contributed by atoms with van der Waals surface area (Å²) in [6.07, 6.45) is 1.86. The van der Waals surface area contributed by atoms with E-state index in [-0.39, 0.29) is 5.91 Å². The summed E-state index contributed by atoms with van der Waals surface area (Å²) < 4.78 is 6.25. The number of carbonyl (C=O) groups is 1. The monoisotopic (exact) mass is 402 g/mol. The first-order chi connectivity index (χ1) is 11.5. The molecule has 0 saturated carbocycles. The third-order valence-electron chi connectivity index (χ3n) is 3.42. The maximum Gasteiger partial charge on any atom is 0.264 e. The minimum atomic E-state index is -0.135. The maximum absolute atomic E-state index is 12.1. The van der Waals surface area contributed by atoms with Gasteiger partial charge in [-0.3, -0.25) is 4.79 Å². The number of amidine groups is 1. The Hall–Kier alpha value is -2.05. The molecule has 0 bridgehead atoms. The van der Waals surface area contributed by atoms with E-state index in [9.17, 15) is 4.79 Å². The van der Waals surface area contributed by atoms with Crippen LogP contribution in [0.5, 0.6) is 5.75 Å². The second-order valence-corrected chi connectivity index (χ2v) is 7.13. The summed E-state index contributed by atoms with van der Waals surface area (Å²) in [6.45, 7) is 1.98. The average molecular weight is 403 g/mol. The van der Waals surface area contributed by atoms with E-state index in [4.69, 9.17) is 4.74 Å². The lowest BCUT2D eigenvalue weighted by Gasteiger charge is -2.04. The zero-order chi connectivity index (χ0) is 17.1. The van der Waals surface area contributed by atoms with Gasteiger partial charge in [0.05, 0.1) is 17.7 Å². The van der Waals surface area contributed by atoms with Gasteiger partial charge in [0.15, 0.2) is 5.17 Å². The molecular formula is C18H15BrN2O2S. The van der Waals surface area contributed by atoms with E-state index in [0.717, 1.165) is 27.0 Å². The molecule has 1 heterocycles. The van der Waals surface area contributed by atoms with Gasteiger partial charge in [0.2, 0.25) is 0 Å². The summed E-state index contributed by atoms with van der Waals surface area (Å²) in [5.41, 5.74) is 2.78. The molecule has 0 aliphatic carbocycles. The summed E-state index contributed by atoms with van der Waals surface area (Å²) in [4.78, 5) is 17.2. The average Bonchev–Trinajstić information content (AvgIpc) is 2.89. The standard InChI is InChI=1S/C18H15BrN2O2S/c1-11-9-12(3-8-15(11)23-2)10-16-17(22)21-18(24-16)20-14-6-4-13(19)5-7-14/h3-10H,1-2H3,(H,20,21,22). The summed E-state index contributed by atoms with van der Waals surface area (Å²) in [5, 5.41) is 3.38. The first kappa shape index (κ1) is 16.8. The van der Waals surface area contributed by atoms with Gasteiger partial charge < -0.3 is 10.1 Å². The van der Waals surface area contributed by atoms with Crippen LogP contribution in [0.2, 0.25) is 0 Å². The molecule has 0 aromatic heterocycles. The molecule has 0 radical (unpaired) electrons. The number of carbonyl (C=O) groups excluding carboxylic acids is 1. The quantitative estimate of drug-likeness (QED) is 0.759. The molecule has 0 atom stereocenters. The summed E-state index contributed by atoms with van der Waals surface area (Å²) in [7, 11) is 1.64. The molecular weight excluding hydrogens is 388 g/mol. The van der Waals surface area contributed by atoms with Gasteiger partial charge in [0.1, 0.15) is 5.75 Å². The third kappa shape index (κ3) is 3.88. The van der Waals surface area contributed by atoms with Gasteiger partial charge in [-0.15, -0.1) is 0 Å². The molecule has 122 valence electrons. The van der Waals surface area contributed by atoms with E-state index < -0.39 is 0 Å². The van der Waals surface area contributed by atoms with Crippen LogP contribution in [0.4, 0.5) is 5.69 Å². The Bertz CT molecular complexity index is 845. The van der Waals surface area contributed by atoms with Gasteiger partial charge in [-0.25, -0.2) is 4.99 Å². The van der Waals surface area contributed by atoms with Gasteiger partial charge in [-0.1, -0.05) is 22.0 Å². The van der Waals surface area contributed by atoms with Crippen molar-refractivity contribution in [3.8, 4) is 5.75 Å². The van der Waals surface area contributed by atoms with Crippen LogP contribution in [-0.4, -0.2) is 18.2 Å². The van der Waals surface area contributed by atoms with Gasteiger partial charge >= 0.3 is 0 Å². The van der Waals surface area contributed by atoms with Crippen molar-refractivity contribution in [2.45, 2.75) is 6.92 Å². The molecule has 1 fully saturated rings. The number of nitrogens with one attached hydrogen (secondary N) is 1. The predicted molar refractivity (Wildman–Crippen MR) is 103 cm³/mol. The molecule has 4 nitrogen and oxygen atoms in total. The first-order valence-corrected chi connectivity index (χ1v) is 8.86. The Morgan fingerprint density at radius 1 is 1.21 bits per heavy atom. The fraction of sp³-hybridized carbons (Fsp3) is 0.111. The molecule has 0 unspecified atom stereocenters.